The summed E-state index contributed by atoms with van der Waals surface area (Å²) in [6.07, 6.45) is 8.81. The van der Waals surface area contributed by atoms with Crippen molar-refractivity contribution in [3.8, 4) is 17.0 Å². The van der Waals surface area contributed by atoms with Gasteiger partial charge in [-0.15, -0.1) is 0 Å². The monoisotopic (exact) mass is 377 g/mol. The summed E-state index contributed by atoms with van der Waals surface area (Å²) in [5.41, 5.74) is 1.52. The zero-order chi connectivity index (χ0) is 17.9. The maximum absolute atomic E-state index is 12.1. The molecule has 3 nitrogen and oxygen atoms in total. The summed E-state index contributed by atoms with van der Waals surface area (Å²) >= 11 is 7.23. The molecule has 0 N–H and O–H groups in total. The second kappa shape index (κ2) is 11.2. The molecule has 2 rings (SSSR count). The average molecular weight is 378 g/mol. The summed E-state index contributed by atoms with van der Waals surface area (Å²) in [7, 11) is 0. The van der Waals surface area contributed by atoms with Crippen molar-refractivity contribution < 1.29 is 9.53 Å². The van der Waals surface area contributed by atoms with E-state index in [0.717, 1.165) is 24.2 Å². The summed E-state index contributed by atoms with van der Waals surface area (Å²) < 4.78 is 5.50. The van der Waals surface area contributed by atoms with Crippen LogP contribution in [0, 0.1) is 0 Å². The fraction of sp³-hybridized carbons (Fsp3) is 0.400. The van der Waals surface area contributed by atoms with Gasteiger partial charge >= 0.3 is 5.30 Å². The molecular weight excluding hydrogens is 354 g/mol. The third kappa shape index (κ3) is 7.09. The van der Waals surface area contributed by atoms with Crippen molar-refractivity contribution in [1.29, 1.82) is 0 Å². The second-order valence-electron chi connectivity index (χ2n) is 5.83. The van der Waals surface area contributed by atoms with E-state index in [9.17, 15) is 4.79 Å². The van der Waals surface area contributed by atoms with Gasteiger partial charge in [-0.2, -0.15) is 0 Å². The minimum atomic E-state index is -0.310. The van der Waals surface area contributed by atoms with Crippen LogP contribution >= 0.6 is 23.4 Å². The van der Waals surface area contributed by atoms with Gasteiger partial charge < -0.3 is 4.74 Å². The van der Waals surface area contributed by atoms with Crippen LogP contribution in [0.25, 0.3) is 11.3 Å². The maximum Gasteiger partial charge on any atom is 0.372 e. The summed E-state index contributed by atoms with van der Waals surface area (Å²) in [6.45, 7) is 2.21. The molecule has 0 aliphatic rings. The summed E-state index contributed by atoms with van der Waals surface area (Å²) in [5, 5.41) is 0.137. The lowest BCUT2D eigenvalue weighted by atomic mass is 10.1. The zero-order valence-electron chi connectivity index (χ0n) is 14.5. The van der Waals surface area contributed by atoms with Crippen molar-refractivity contribution in [3.63, 3.8) is 0 Å². The van der Waals surface area contributed by atoms with E-state index >= 15 is 0 Å². The molecule has 0 aliphatic carbocycles. The molecule has 0 amide bonds. The number of hydrogen-bond donors (Lipinski definition) is 0. The first-order valence-corrected chi connectivity index (χ1v) is 10.1. The summed E-state index contributed by atoms with van der Waals surface area (Å²) in [4.78, 5) is 16.4. The number of nitrogens with zero attached hydrogens (tertiary/aromatic N) is 1. The normalized spacial score (nSPS) is 10.6. The molecule has 0 saturated carbocycles. The van der Waals surface area contributed by atoms with Crippen molar-refractivity contribution in [1.82, 2.24) is 4.98 Å². The van der Waals surface area contributed by atoms with E-state index in [-0.39, 0.29) is 5.30 Å². The van der Waals surface area contributed by atoms with Crippen LogP contribution in [0.5, 0.6) is 5.75 Å². The van der Waals surface area contributed by atoms with Crippen molar-refractivity contribution >= 4 is 28.7 Å². The van der Waals surface area contributed by atoms with Crippen LogP contribution in [-0.4, -0.2) is 16.0 Å². The molecule has 1 heterocycles. The Labute approximate surface area is 159 Å². The van der Waals surface area contributed by atoms with Crippen LogP contribution in [0.15, 0.2) is 42.6 Å². The van der Waals surface area contributed by atoms with Crippen LogP contribution in [0.1, 0.15) is 45.4 Å². The smallest absolute Gasteiger partial charge is 0.372 e. The predicted octanol–water partition coefficient (Wildman–Crippen LogP) is 6.99. The molecule has 0 saturated heterocycles. The topological polar surface area (TPSA) is 39.2 Å². The number of aromatic nitrogens is 1. The highest BCUT2D eigenvalue weighted by Crippen LogP contribution is 2.31. The Morgan fingerprint density at radius 2 is 1.84 bits per heavy atom. The molecule has 5 heteroatoms. The van der Waals surface area contributed by atoms with Crippen molar-refractivity contribution in [2.24, 2.45) is 0 Å². The minimum Gasteiger partial charge on any atom is -0.416 e. The Bertz CT molecular complexity index is 664. The third-order valence-corrected chi connectivity index (χ3v) is 4.80. The first-order chi connectivity index (χ1) is 12.2. The molecule has 1 aromatic carbocycles. The van der Waals surface area contributed by atoms with Crippen molar-refractivity contribution in [2.45, 2.75) is 45.4 Å². The molecule has 25 heavy (non-hydrogen) atoms. The van der Waals surface area contributed by atoms with E-state index in [2.05, 4.69) is 11.9 Å². The van der Waals surface area contributed by atoms with E-state index in [0.29, 0.717) is 16.5 Å². The van der Waals surface area contributed by atoms with Crippen LogP contribution < -0.4 is 4.74 Å². The van der Waals surface area contributed by atoms with Gasteiger partial charge in [0.05, 0.1) is 5.02 Å². The molecule has 0 aliphatic heterocycles. The van der Waals surface area contributed by atoms with Gasteiger partial charge in [-0.05, 0) is 18.2 Å². The Morgan fingerprint density at radius 1 is 1.12 bits per heavy atom. The standard InChI is InChI=1S/C20H24ClNO2S/c1-2-3-4-5-6-10-13-25-20(23)24-18-14-17(21)15-22-19(18)16-11-8-7-9-12-16/h7-9,11-12,14-15H,2-6,10,13H2,1H3. The summed E-state index contributed by atoms with van der Waals surface area (Å²) in [5.74, 6) is 1.18. The Morgan fingerprint density at radius 3 is 2.60 bits per heavy atom. The third-order valence-electron chi connectivity index (χ3n) is 3.78. The molecule has 0 atom stereocenters. The van der Waals surface area contributed by atoms with E-state index in [1.807, 2.05) is 30.3 Å². The number of carbonyl (C=O) groups excluding carboxylic acids is 1. The number of pyridine rings is 1. The number of hydrogen-bond acceptors (Lipinski definition) is 4. The quantitative estimate of drug-likeness (QED) is 0.348. The van der Waals surface area contributed by atoms with E-state index in [4.69, 9.17) is 16.3 Å². The molecule has 0 spiro atoms. The molecule has 1 aromatic heterocycles. The first-order valence-electron chi connectivity index (χ1n) is 8.76. The van der Waals surface area contributed by atoms with Crippen molar-refractivity contribution in [3.05, 3.63) is 47.6 Å². The largest absolute Gasteiger partial charge is 0.416 e. The van der Waals surface area contributed by atoms with E-state index in [1.165, 1.54) is 37.4 Å². The highest BCUT2D eigenvalue weighted by Gasteiger charge is 2.13. The van der Waals surface area contributed by atoms with Crippen LogP contribution in [0.4, 0.5) is 4.79 Å². The lowest BCUT2D eigenvalue weighted by molar-refractivity contribution is 0.227. The Kier molecular flexibility index (Phi) is 8.84. The van der Waals surface area contributed by atoms with Gasteiger partial charge in [0.25, 0.3) is 0 Å². The molecule has 0 radical (unpaired) electrons. The molecule has 134 valence electrons. The molecule has 0 unspecified atom stereocenters. The molecule has 0 fully saturated rings. The van der Waals surface area contributed by atoms with Crippen LogP contribution in [0.2, 0.25) is 5.02 Å². The number of ether oxygens (including phenoxy) is 1. The zero-order valence-corrected chi connectivity index (χ0v) is 16.1. The SMILES string of the molecule is CCCCCCCCSC(=O)Oc1cc(Cl)cnc1-c1ccccc1. The number of unbranched alkanes of at least 4 members (excludes halogenated alkanes) is 5. The highest BCUT2D eigenvalue weighted by atomic mass is 35.5. The number of rotatable bonds is 9. The lowest BCUT2D eigenvalue weighted by Gasteiger charge is -2.09. The molecular formula is C20H24ClNO2S. The van der Waals surface area contributed by atoms with Crippen LogP contribution in [0.3, 0.4) is 0 Å². The fourth-order valence-corrected chi connectivity index (χ4v) is 3.28. The Balaban J connectivity index is 1.87. The molecule has 2 aromatic rings. The predicted molar refractivity (Wildman–Crippen MR) is 107 cm³/mol. The van der Waals surface area contributed by atoms with Gasteiger partial charge in [0, 0.05) is 23.6 Å². The second-order valence-corrected chi connectivity index (χ2v) is 7.30. The van der Waals surface area contributed by atoms with Crippen molar-refractivity contribution in [2.75, 3.05) is 5.75 Å². The number of benzene rings is 1. The van der Waals surface area contributed by atoms with Gasteiger partial charge in [0.15, 0.2) is 5.75 Å². The first kappa shape index (κ1) is 19.8. The maximum atomic E-state index is 12.1. The number of carbonyl (C=O) groups is 1. The van der Waals surface area contributed by atoms with Gasteiger partial charge in [-0.25, -0.2) is 4.79 Å². The van der Waals surface area contributed by atoms with Crippen LogP contribution in [-0.2, 0) is 0 Å². The lowest BCUT2D eigenvalue weighted by Crippen LogP contribution is -2.04. The number of thioether (sulfide) groups is 1. The van der Waals surface area contributed by atoms with Gasteiger partial charge in [-0.1, -0.05) is 81.0 Å². The summed E-state index contributed by atoms with van der Waals surface area (Å²) in [6, 6.07) is 11.3. The van der Waals surface area contributed by atoms with E-state index < -0.39 is 0 Å². The van der Waals surface area contributed by atoms with Gasteiger partial charge in [0.2, 0.25) is 0 Å². The minimum absolute atomic E-state index is 0.310. The number of halogens is 1. The van der Waals surface area contributed by atoms with Gasteiger partial charge in [0.1, 0.15) is 5.69 Å². The Hall–Kier alpha value is -1.52. The molecule has 0 bridgehead atoms. The average Bonchev–Trinajstić information content (AvgIpc) is 2.62. The van der Waals surface area contributed by atoms with E-state index in [1.54, 1.807) is 12.3 Å². The van der Waals surface area contributed by atoms with Gasteiger partial charge in [-0.3, -0.25) is 4.98 Å². The fourth-order valence-electron chi connectivity index (χ4n) is 2.47. The highest BCUT2D eigenvalue weighted by molar-refractivity contribution is 8.13.